The number of Topliss-reactive ketones (excluding diaryl/α,β-unsaturated/α-hetero) is 1. The largest absolute Gasteiger partial charge is 0.344 e. The van der Waals surface area contributed by atoms with E-state index in [4.69, 9.17) is 23.7 Å². The van der Waals surface area contributed by atoms with E-state index in [2.05, 4.69) is 0 Å². The zero-order valence-corrected chi connectivity index (χ0v) is 11.0. The molecule has 0 saturated carbocycles. The van der Waals surface area contributed by atoms with Crippen molar-refractivity contribution in [3.63, 3.8) is 0 Å². The summed E-state index contributed by atoms with van der Waals surface area (Å²) in [6, 6.07) is 0. The smallest absolute Gasteiger partial charge is 0.258 e. The topological polar surface area (TPSA) is 63.2 Å². The normalized spacial score (nSPS) is 45.4. The van der Waals surface area contributed by atoms with Gasteiger partial charge in [-0.05, 0) is 27.7 Å². The van der Waals surface area contributed by atoms with Crippen molar-refractivity contribution in [3.8, 4) is 0 Å². The molecule has 3 heterocycles. The maximum Gasteiger partial charge on any atom is 0.258 e. The van der Waals surface area contributed by atoms with E-state index in [-0.39, 0.29) is 25.1 Å². The third-order valence-corrected chi connectivity index (χ3v) is 3.32. The lowest BCUT2D eigenvalue weighted by atomic mass is 9.99. The first-order chi connectivity index (χ1) is 8.23. The molecule has 3 rings (SSSR count). The van der Waals surface area contributed by atoms with Gasteiger partial charge in [0.1, 0.15) is 12.7 Å². The number of hydrogen-bond donors (Lipinski definition) is 0. The van der Waals surface area contributed by atoms with Crippen LogP contribution in [0.25, 0.3) is 0 Å². The molecule has 0 aromatic rings. The van der Waals surface area contributed by atoms with E-state index in [9.17, 15) is 4.79 Å². The fourth-order valence-electron chi connectivity index (χ4n) is 2.60. The molecule has 0 radical (unpaired) electrons. The molecule has 0 amide bonds. The van der Waals surface area contributed by atoms with Gasteiger partial charge in [-0.15, -0.1) is 0 Å². The Bertz CT molecular complexity index is 388. The third-order valence-electron chi connectivity index (χ3n) is 3.32. The van der Waals surface area contributed by atoms with Crippen LogP contribution in [0.2, 0.25) is 0 Å². The highest BCUT2D eigenvalue weighted by atomic mass is 16.8. The minimum absolute atomic E-state index is 0.0891. The van der Waals surface area contributed by atoms with Crippen LogP contribution in [0.3, 0.4) is 0 Å². The Labute approximate surface area is 105 Å². The van der Waals surface area contributed by atoms with Gasteiger partial charge in [0.25, 0.3) is 5.79 Å². The molecule has 0 aliphatic carbocycles. The van der Waals surface area contributed by atoms with Crippen LogP contribution in [0.5, 0.6) is 0 Å². The van der Waals surface area contributed by atoms with Crippen molar-refractivity contribution in [3.05, 3.63) is 0 Å². The molecule has 3 aliphatic rings. The standard InChI is InChI=1S/C12H18O6/c1-10(2)15-6-12(18-10)9(13)8-7(5-14-12)16-11(3,4)17-8/h7-8H,5-6H2,1-4H3/t7?,8?,12-/m0/s1. The molecule has 3 aliphatic heterocycles. The van der Waals surface area contributed by atoms with Gasteiger partial charge in [0.15, 0.2) is 17.7 Å². The van der Waals surface area contributed by atoms with Crippen molar-refractivity contribution in [2.45, 2.75) is 57.3 Å². The highest BCUT2D eigenvalue weighted by Crippen LogP contribution is 2.41. The minimum Gasteiger partial charge on any atom is -0.344 e. The number of fused-ring (bicyclic) bond motifs is 1. The van der Waals surface area contributed by atoms with Crippen LogP contribution in [0.1, 0.15) is 27.7 Å². The number of ether oxygens (including phenoxy) is 5. The van der Waals surface area contributed by atoms with Gasteiger partial charge in [0, 0.05) is 0 Å². The predicted octanol–water partition coefficient (Wildman–Crippen LogP) is 0.585. The number of carbonyl (C=O) groups excluding carboxylic acids is 1. The van der Waals surface area contributed by atoms with Crippen LogP contribution in [0.15, 0.2) is 0 Å². The molecular formula is C12H18O6. The molecule has 2 unspecified atom stereocenters. The maximum absolute atomic E-state index is 12.5. The van der Waals surface area contributed by atoms with E-state index in [1.54, 1.807) is 27.7 Å². The van der Waals surface area contributed by atoms with Crippen LogP contribution in [0.4, 0.5) is 0 Å². The molecule has 0 aromatic heterocycles. The molecule has 18 heavy (non-hydrogen) atoms. The number of carbonyl (C=O) groups is 1. The van der Waals surface area contributed by atoms with Crippen molar-refractivity contribution < 1.29 is 28.5 Å². The van der Waals surface area contributed by atoms with Crippen molar-refractivity contribution in [2.24, 2.45) is 0 Å². The molecular weight excluding hydrogens is 240 g/mol. The Balaban J connectivity index is 1.84. The first kappa shape index (κ1) is 12.5. The second-order valence-electron chi connectivity index (χ2n) is 5.81. The highest BCUT2D eigenvalue weighted by molar-refractivity contribution is 5.92. The molecule has 1 spiro atoms. The molecule has 3 saturated heterocycles. The van der Waals surface area contributed by atoms with Gasteiger partial charge in [0.05, 0.1) is 6.61 Å². The Morgan fingerprint density at radius 2 is 1.78 bits per heavy atom. The number of rotatable bonds is 0. The van der Waals surface area contributed by atoms with Crippen LogP contribution in [0, 0.1) is 0 Å². The van der Waals surface area contributed by atoms with E-state index in [0.717, 1.165) is 0 Å². The number of ketones is 1. The second kappa shape index (κ2) is 3.52. The molecule has 0 N–H and O–H groups in total. The van der Waals surface area contributed by atoms with Crippen molar-refractivity contribution >= 4 is 5.78 Å². The fourth-order valence-corrected chi connectivity index (χ4v) is 2.60. The summed E-state index contributed by atoms with van der Waals surface area (Å²) in [7, 11) is 0. The van der Waals surface area contributed by atoms with Gasteiger partial charge in [-0.3, -0.25) is 4.79 Å². The van der Waals surface area contributed by atoms with E-state index < -0.39 is 23.5 Å². The lowest BCUT2D eigenvalue weighted by Gasteiger charge is -2.35. The molecule has 6 nitrogen and oxygen atoms in total. The number of hydrogen-bond acceptors (Lipinski definition) is 6. The lowest BCUT2D eigenvalue weighted by molar-refractivity contribution is -0.263. The zero-order chi connectivity index (χ0) is 13.2. The molecule has 3 fully saturated rings. The highest BCUT2D eigenvalue weighted by Gasteiger charge is 2.62. The molecule has 3 atom stereocenters. The van der Waals surface area contributed by atoms with E-state index in [1.165, 1.54) is 0 Å². The first-order valence-corrected chi connectivity index (χ1v) is 6.11. The van der Waals surface area contributed by atoms with Gasteiger partial charge < -0.3 is 23.7 Å². The van der Waals surface area contributed by atoms with E-state index in [1.807, 2.05) is 0 Å². The van der Waals surface area contributed by atoms with E-state index >= 15 is 0 Å². The minimum atomic E-state index is -1.34. The Hall–Kier alpha value is -0.530. The second-order valence-corrected chi connectivity index (χ2v) is 5.81. The van der Waals surface area contributed by atoms with Gasteiger partial charge in [0.2, 0.25) is 5.78 Å². The van der Waals surface area contributed by atoms with Crippen LogP contribution in [-0.2, 0) is 28.5 Å². The lowest BCUT2D eigenvalue weighted by Crippen LogP contribution is -2.58. The van der Waals surface area contributed by atoms with Crippen LogP contribution < -0.4 is 0 Å². The zero-order valence-electron chi connectivity index (χ0n) is 11.0. The Kier molecular flexibility index (Phi) is 2.44. The average molecular weight is 258 g/mol. The summed E-state index contributed by atoms with van der Waals surface area (Å²) in [4.78, 5) is 12.5. The van der Waals surface area contributed by atoms with Gasteiger partial charge in [-0.25, -0.2) is 0 Å². The molecule has 0 aromatic carbocycles. The molecule has 0 bridgehead atoms. The Morgan fingerprint density at radius 3 is 2.39 bits per heavy atom. The molecule has 102 valence electrons. The van der Waals surface area contributed by atoms with Crippen LogP contribution >= 0.6 is 0 Å². The fraction of sp³-hybridized carbons (Fsp3) is 0.917. The first-order valence-electron chi connectivity index (χ1n) is 6.11. The summed E-state index contributed by atoms with van der Waals surface area (Å²) in [6.45, 7) is 7.41. The summed E-state index contributed by atoms with van der Waals surface area (Å²) < 4.78 is 27.9. The van der Waals surface area contributed by atoms with Gasteiger partial charge >= 0.3 is 0 Å². The predicted molar refractivity (Wildman–Crippen MR) is 58.6 cm³/mol. The van der Waals surface area contributed by atoms with Crippen molar-refractivity contribution in [2.75, 3.05) is 13.2 Å². The van der Waals surface area contributed by atoms with E-state index in [0.29, 0.717) is 0 Å². The van der Waals surface area contributed by atoms with Crippen molar-refractivity contribution in [1.29, 1.82) is 0 Å². The summed E-state index contributed by atoms with van der Waals surface area (Å²) >= 11 is 0. The van der Waals surface area contributed by atoms with Crippen LogP contribution in [-0.4, -0.2) is 48.6 Å². The monoisotopic (exact) mass is 258 g/mol. The summed E-state index contributed by atoms with van der Waals surface area (Å²) in [5, 5.41) is 0. The summed E-state index contributed by atoms with van der Waals surface area (Å²) in [5.41, 5.74) is 0. The SMILES string of the molecule is CC1(C)OC2CO[C@]3(COC(C)(C)O3)C(=O)C2O1. The van der Waals surface area contributed by atoms with Gasteiger partial charge in [-0.1, -0.05) is 0 Å². The maximum atomic E-state index is 12.5. The van der Waals surface area contributed by atoms with Gasteiger partial charge in [-0.2, -0.15) is 0 Å². The average Bonchev–Trinajstić information content (AvgIpc) is 2.71. The Morgan fingerprint density at radius 1 is 1.06 bits per heavy atom. The van der Waals surface area contributed by atoms with Crippen molar-refractivity contribution in [1.82, 2.24) is 0 Å². The quantitative estimate of drug-likeness (QED) is 0.633. The summed E-state index contributed by atoms with van der Waals surface area (Å²) in [6.07, 6.45) is -1.02. The summed E-state index contributed by atoms with van der Waals surface area (Å²) in [5.74, 6) is -3.18. The third kappa shape index (κ3) is 1.80. The molecule has 6 heteroatoms.